The van der Waals surface area contributed by atoms with Crippen molar-refractivity contribution in [1.82, 2.24) is 19.9 Å². The third-order valence-electron chi connectivity index (χ3n) is 3.14. The number of carbonyl (C=O) groups is 1. The number of amides is 1. The van der Waals surface area contributed by atoms with Crippen LogP contribution in [-0.4, -0.2) is 27.0 Å². The fraction of sp³-hybridized carbons (Fsp3) is 0.214. The van der Waals surface area contributed by atoms with Crippen LogP contribution < -0.4 is 5.32 Å². The summed E-state index contributed by atoms with van der Waals surface area (Å²) in [6.07, 6.45) is 2.39. The van der Waals surface area contributed by atoms with Crippen LogP contribution in [0.3, 0.4) is 0 Å². The Morgan fingerprint density at radius 2 is 2.24 bits per heavy atom. The van der Waals surface area contributed by atoms with E-state index in [2.05, 4.69) is 15.5 Å². The van der Waals surface area contributed by atoms with Gasteiger partial charge in [0.15, 0.2) is 0 Å². The van der Waals surface area contributed by atoms with Gasteiger partial charge in [-0.25, -0.2) is 4.39 Å². The van der Waals surface area contributed by atoms with E-state index in [-0.39, 0.29) is 18.1 Å². The second-order valence-electron chi connectivity index (χ2n) is 4.58. The third-order valence-corrected chi connectivity index (χ3v) is 4.02. The van der Waals surface area contributed by atoms with Gasteiger partial charge in [0.05, 0.1) is 6.42 Å². The molecule has 0 bridgehead atoms. The standard InChI is InChI=1S/C14H13FN4OS/c15-12-4-2-1-3-10(12)7-13(20)16-6-5-11-8-21-14-18-17-9-19(11)14/h1-4,8-9H,5-7H2,(H,16,20). The highest BCUT2D eigenvalue weighted by atomic mass is 32.1. The zero-order valence-electron chi connectivity index (χ0n) is 11.1. The van der Waals surface area contributed by atoms with E-state index in [0.717, 1.165) is 10.7 Å². The molecule has 3 rings (SSSR count). The number of aromatic nitrogens is 3. The Morgan fingerprint density at radius 3 is 3.10 bits per heavy atom. The van der Waals surface area contributed by atoms with Crippen molar-refractivity contribution in [3.8, 4) is 0 Å². The first-order chi connectivity index (χ1) is 10.2. The fourth-order valence-corrected chi connectivity index (χ4v) is 2.91. The van der Waals surface area contributed by atoms with E-state index in [4.69, 9.17) is 0 Å². The minimum atomic E-state index is -0.350. The van der Waals surface area contributed by atoms with Crippen molar-refractivity contribution in [2.45, 2.75) is 12.8 Å². The minimum Gasteiger partial charge on any atom is -0.355 e. The lowest BCUT2D eigenvalue weighted by Crippen LogP contribution is -2.27. The number of nitrogens with one attached hydrogen (secondary N) is 1. The SMILES string of the molecule is O=C(Cc1ccccc1F)NCCc1csc2nncn12. The fourth-order valence-electron chi connectivity index (χ4n) is 2.07. The average Bonchev–Trinajstić information content (AvgIpc) is 3.06. The Balaban J connectivity index is 1.52. The molecule has 0 fully saturated rings. The highest BCUT2D eigenvalue weighted by molar-refractivity contribution is 7.15. The first-order valence-corrected chi connectivity index (χ1v) is 7.38. The van der Waals surface area contributed by atoms with Crippen LogP contribution in [0.2, 0.25) is 0 Å². The van der Waals surface area contributed by atoms with Crippen LogP contribution >= 0.6 is 11.3 Å². The van der Waals surface area contributed by atoms with Crippen LogP contribution in [-0.2, 0) is 17.6 Å². The second-order valence-corrected chi connectivity index (χ2v) is 5.42. The summed E-state index contributed by atoms with van der Waals surface area (Å²) in [4.78, 5) is 12.6. The molecule has 5 nitrogen and oxygen atoms in total. The van der Waals surface area contributed by atoms with E-state index < -0.39 is 0 Å². The van der Waals surface area contributed by atoms with Gasteiger partial charge < -0.3 is 5.32 Å². The van der Waals surface area contributed by atoms with Gasteiger partial charge >= 0.3 is 0 Å². The Hall–Kier alpha value is -2.28. The zero-order chi connectivity index (χ0) is 14.7. The van der Waals surface area contributed by atoms with E-state index >= 15 is 0 Å². The van der Waals surface area contributed by atoms with Gasteiger partial charge in [-0.05, 0) is 11.6 Å². The highest BCUT2D eigenvalue weighted by Crippen LogP contribution is 2.13. The number of carbonyl (C=O) groups excluding carboxylic acids is 1. The molecule has 3 aromatic rings. The number of fused-ring (bicyclic) bond motifs is 1. The second kappa shape index (κ2) is 6.01. The summed E-state index contributed by atoms with van der Waals surface area (Å²) >= 11 is 1.51. The molecule has 108 valence electrons. The van der Waals surface area contributed by atoms with Crippen molar-refractivity contribution in [1.29, 1.82) is 0 Å². The van der Waals surface area contributed by atoms with Crippen molar-refractivity contribution in [3.63, 3.8) is 0 Å². The first kappa shape index (κ1) is 13.7. The van der Waals surface area contributed by atoms with E-state index in [1.54, 1.807) is 24.5 Å². The maximum Gasteiger partial charge on any atom is 0.224 e. The van der Waals surface area contributed by atoms with Crippen LogP contribution in [0, 0.1) is 5.82 Å². The van der Waals surface area contributed by atoms with Gasteiger partial charge in [-0.15, -0.1) is 21.5 Å². The van der Waals surface area contributed by atoms with Gasteiger partial charge in [-0.3, -0.25) is 9.20 Å². The molecule has 7 heteroatoms. The molecule has 0 spiro atoms. The molecule has 1 aromatic carbocycles. The number of halogens is 1. The molecule has 0 saturated carbocycles. The van der Waals surface area contributed by atoms with Crippen LogP contribution in [0.25, 0.3) is 4.96 Å². The van der Waals surface area contributed by atoms with Crippen molar-refractivity contribution < 1.29 is 9.18 Å². The Bertz CT molecular complexity index is 767. The van der Waals surface area contributed by atoms with E-state index in [9.17, 15) is 9.18 Å². The number of rotatable bonds is 5. The molecule has 0 saturated heterocycles. The number of hydrogen-bond acceptors (Lipinski definition) is 4. The van der Waals surface area contributed by atoms with Crippen molar-refractivity contribution in [2.24, 2.45) is 0 Å². The summed E-state index contributed by atoms with van der Waals surface area (Å²) in [5, 5.41) is 12.6. The molecular weight excluding hydrogens is 291 g/mol. The summed E-state index contributed by atoms with van der Waals surface area (Å²) in [6.45, 7) is 0.497. The van der Waals surface area contributed by atoms with Crippen LogP contribution in [0.1, 0.15) is 11.3 Å². The number of thiazole rings is 1. The van der Waals surface area contributed by atoms with Gasteiger partial charge in [0.25, 0.3) is 0 Å². The summed E-state index contributed by atoms with van der Waals surface area (Å²) in [6, 6.07) is 6.31. The molecule has 0 unspecified atom stereocenters. The van der Waals surface area contributed by atoms with E-state index in [1.807, 2.05) is 9.78 Å². The third kappa shape index (κ3) is 3.08. The van der Waals surface area contributed by atoms with E-state index in [0.29, 0.717) is 18.5 Å². The topological polar surface area (TPSA) is 59.3 Å². The van der Waals surface area contributed by atoms with Crippen LogP contribution in [0.4, 0.5) is 4.39 Å². The molecule has 1 amide bonds. The quantitative estimate of drug-likeness (QED) is 0.782. The predicted octanol–water partition coefficient (Wildman–Crippen LogP) is 1.83. The Kier molecular flexibility index (Phi) is 3.92. The Morgan fingerprint density at radius 1 is 1.38 bits per heavy atom. The largest absolute Gasteiger partial charge is 0.355 e. The summed E-state index contributed by atoms with van der Waals surface area (Å²) in [7, 11) is 0. The zero-order valence-corrected chi connectivity index (χ0v) is 11.9. The molecule has 21 heavy (non-hydrogen) atoms. The lowest BCUT2D eigenvalue weighted by atomic mass is 10.1. The maximum absolute atomic E-state index is 13.4. The van der Waals surface area contributed by atoms with Gasteiger partial charge in [-0.2, -0.15) is 0 Å². The van der Waals surface area contributed by atoms with Gasteiger partial charge in [-0.1, -0.05) is 18.2 Å². The predicted molar refractivity (Wildman–Crippen MR) is 77.7 cm³/mol. The monoisotopic (exact) mass is 304 g/mol. The number of hydrogen-bond donors (Lipinski definition) is 1. The van der Waals surface area contributed by atoms with E-state index in [1.165, 1.54) is 17.4 Å². The summed E-state index contributed by atoms with van der Waals surface area (Å²) in [5.74, 6) is -0.535. The molecular formula is C14H13FN4OS. The van der Waals surface area contributed by atoms with Crippen molar-refractivity contribution in [2.75, 3.05) is 6.54 Å². The molecule has 2 aromatic heterocycles. The molecule has 0 atom stereocenters. The summed E-state index contributed by atoms with van der Waals surface area (Å²) < 4.78 is 15.3. The van der Waals surface area contributed by atoms with Crippen molar-refractivity contribution >= 4 is 22.2 Å². The van der Waals surface area contributed by atoms with Gasteiger partial charge in [0, 0.05) is 24.0 Å². The molecule has 0 radical (unpaired) electrons. The lowest BCUT2D eigenvalue weighted by molar-refractivity contribution is -0.120. The molecule has 0 aliphatic heterocycles. The molecule has 0 aliphatic carbocycles. The number of nitrogens with zero attached hydrogens (tertiary/aromatic N) is 3. The first-order valence-electron chi connectivity index (χ1n) is 6.50. The minimum absolute atomic E-state index is 0.0539. The molecule has 2 heterocycles. The smallest absolute Gasteiger partial charge is 0.224 e. The lowest BCUT2D eigenvalue weighted by Gasteiger charge is -2.05. The Labute approximate surface area is 124 Å². The number of benzene rings is 1. The summed E-state index contributed by atoms with van der Waals surface area (Å²) in [5.41, 5.74) is 1.46. The van der Waals surface area contributed by atoms with Crippen LogP contribution in [0.5, 0.6) is 0 Å². The highest BCUT2D eigenvalue weighted by Gasteiger charge is 2.08. The van der Waals surface area contributed by atoms with Crippen LogP contribution in [0.15, 0.2) is 36.0 Å². The van der Waals surface area contributed by atoms with Crippen molar-refractivity contribution in [3.05, 3.63) is 53.0 Å². The average molecular weight is 304 g/mol. The molecule has 0 aliphatic rings. The molecule has 1 N–H and O–H groups in total. The normalized spacial score (nSPS) is 10.9. The van der Waals surface area contributed by atoms with Gasteiger partial charge in [0.2, 0.25) is 10.9 Å². The maximum atomic E-state index is 13.4. The van der Waals surface area contributed by atoms with Gasteiger partial charge in [0.1, 0.15) is 12.1 Å².